The molecule has 7 nitrogen and oxygen atoms in total. The Kier molecular flexibility index (Phi) is 5.12. The molecule has 0 atom stereocenters. The lowest BCUT2D eigenvalue weighted by Crippen LogP contribution is -2.40. The molecule has 0 saturated carbocycles. The van der Waals surface area contributed by atoms with Crippen LogP contribution in [0, 0.1) is 5.92 Å². The topological polar surface area (TPSA) is 109 Å². The van der Waals surface area contributed by atoms with Crippen LogP contribution in [0.15, 0.2) is 34.1 Å². The predicted molar refractivity (Wildman–Crippen MR) is 83.3 cm³/mol. The van der Waals surface area contributed by atoms with Gasteiger partial charge in [0.1, 0.15) is 0 Å². The minimum Gasteiger partial charge on any atom is -0.481 e. The predicted octanol–water partition coefficient (Wildman–Crippen LogP) is 0.966. The van der Waals surface area contributed by atoms with Crippen LogP contribution in [0.4, 0.5) is 0 Å². The smallest absolute Gasteiger partial charge is 0.306 e. The maximum Gasteiger partial charge on any atom is 0.306 e. The fraction of sp³-hybridized carbons (Fsp3) is 0.500. The highest BCUT2D eigenvalue weighted by Crippen LogP contribution is 2.25. The highest BCUT2D eigenvalue weighted by Gasteiger charge is 2.32. The molecule has 0 aromatic heterocycles. The Bertz CT molecular complexity index is 792. The van der Waals surface area contributed by atoms with Crippen molar-refractivity contribution in [3.05, 3.63) is 24.3 Å². The highest BCUT2D eigenvalue weighted by molar-refractivity contribution is 7.91. The van der Waals surface area contributed by atoms with E-state index in [9.17, 15) is 21.6 Å². The second-order valence-corrected chi connectivity index (χ2v) is 9.61. The summed E-state index contributed by atoms with van der Waals surface area (Å²) in [5.41, 5.74) is 0. The van der Waals surface area contributed by atoms with E-state index < -0.39 is 31.7 Å². The quantitative estimate of drug-likeness (QED) is 0.837. The molecule has 1 aliphatic rings. The van der Waals surface area contributed by atoms with Gasteiger partial charge >= 0.3 is 5.97 Å². The number of carboxylic acid groups (broad SMARTS) is 1. The van der Waals surface area contributed by atoms with E-state index in [2.05, 4.69) is 0 Å². The number of sulfone groups is 1. The second-order valence-electron chi connectivity index (χ2n) is 5.39. The highest BCUT2D eigenvalue weighted by atomic mass is 32.2. The van der Waals surface area contributed by atoms with Gasteiger partial charge in [-0.25, -0.2) is 16.8 Å². The van der Waals surface area contributed by atoms with Crippen LogP contribution in [0.1, 0.15) is 19.8 Å². The maximum atomic E-state index is 12.6. The summed E-state index contributed by atoms with van der Waals surface area (Å²) in [5, 5.41) is 8.96. The van der Waals surface area contributed by atoms with Gasteiger partial charge in [0.25, 0.3) is 0 Å². The average Bonchev–Trinajstić information content (AvgIpc) is 2.55. The Labute approximate surface area is 135 Å². The zero-order valence-corrected chi connectivity index (χ0v) is 14.3. The summed E-state index contributed by atoms with van der Waals surface area (Å²) in [6.45, 7) is 1.72. The number of rotatable bonds is 5. The Morgan fingerprint density at radius 2 is 1.74 bits per heavy atom. The SMILES string of the molecule is CCS(=O)(=O)c1cccc(S(=O)(=O)N2CCC(C(=O)O)CC2)c1. The zero-order chi connectivity index (χ0) is 17.3. The van der Waals surface area contributed by atoms with Crippen molar-refractivity contribution in [2.75, 3.05) is 18.8 Å². The molecule has 1 N–H and O–H groups in total. The van der Waals surface area contributed by atoms with Gasteiger partial charge in [-0.05, 0) is 31.0 Å². The molecule has 1 aromatic rings. The summed E-state index contributed by atoms with van der Waals surface area (Å²) in [4.78, 5) is 10.8. The second kappa shape index (κ2) is 6.58. The first-order valence-corrected chi connectivity index (χ1v) is 10.3. The van der Waals surface area contributed by atoms with Gasteiger partial charge in [0, 0.05) is 13.1 Å². The van der Waals surface area contributed by atoms with Gasteiger partial charge in [0.2, 0.25) is 10.0 Å². The number of sulfonamides is 1. The Morgan fingerprint density at radius 3 is 2.26 bits per heavy atom. The number of benzene rings is 1. The summed E-state index contributed by atoms with van der Waals surface area (Å²) < 4.78 is 50.2. The van der Waals surface area contributed by atoms with Crippen molar-refractivity contribution in [2.45, 2.75) is 29.6 Å². The van der Waals surface area contributed by atoms with Gasteiger partial charge in [0.15, 0.2) is 9.84 Å². The third kappa shape index (κ3) is 3.73. The third-order valence-electron chi connectivity index (χ3n) is 3.99. The fourth-order valence-corrected chi connectivity index (χ4v) is 5.00. The molecule has 23 heavy (non-hydrogen) atoms. The van der Waals surface area contributed by atoms with E-state index in [0.717, 1.165) is 6.07 Å². The van der Waals surface area contributed by atoms with Gasteiger partial charge in [0.05, 0.1) is 21.5 Å². The number of carbonyl (C=O) groups is 1. The molecule has 128 valence electrons. The fourth-order valence-electron chi connectivity index (χ4n) is 2.49. The lowest BCUT2D eigenvalue weighted by molar-refractivity contribution is -0.142. The van der Waals surface area contributed by atoms with Crippen molar-refractivity contribution in [1.29, 1.82) is 0 Å². The lowest BCUT2D eigenvalue weighted by Gasteiger charge is -2.29. The number of hydrogen-bond acceptors (Lipinski definition) is 5. The van der Waals surface area contributed by atoms with Crippen LogP contribution in [0.3, 0.4) is 0 Å². The molecule has 1 saturated heterocycles. The van der Waals surface area contributed by atoms with Crippen LogP contribution in [0.2, 0.25) is 0 Å². The zero-order valence-electron chi connectivity index (χ0n) is 12.7. The van der Waals surface area contributed by atoms with Gasteiger partial charge in [-0.1, -0.05) is 13.0 Å². The first-order chi connectivity index (χ1) is 10.7. The van der Waals surface area contributed by atoms with Crippen molar-refractivity contribution in [3.8, 4) is 0 Å². The van der Waals surface area contributed by atoms with E-state index in [1.807, 2.05) is 0 Å². The summed E-state index contributed by atoms with van der Waals surface area (Å²) in [6, 6.07) is 5.29. The summed E-state index contributed by atoms with van der Waals surface area (Å²) >= 11 is 0. The minimum atomic E-state index is -3.83. The van der Waals surface area contributed by atoms with E-state index in [1.165, 1.54) is 29.4 Å². The molecule has 9 heteroatoms. The first-order valence-electron chi connectivity index (χ1n) is 7.24. The number of carboxylic acids is 1. The molecule has 0 aliphatic carbocycles. The molecular formula is C14H19NO6S2. The van der Waals surface area contributed by atoms with Crippen molar-refractivity contribution in [2.24, 2.45) is 5.92 Å². The largest absolute Gasteiger partial charge is 0.481 e. The van der Waals surface area contributed by atoms with E-state index >= 15 is 0 Å². The van der Waals surface area contributed by atoms with E-state index in [-0.39, 0.29) is 41.5 Å². The molecule has 1 aromatic carbocycles. The van der Waals surface area contributed by atoms with Gasteiger partial charge in [-0.3, -0.25) is 4.79 Å². The number of nitrogens with zero attached hydrogens (tertiary/aromatic N) is 1. The summed E-state index contributed by atoms with van der Waals surface area (Å²) in [6.07, 6.45) is 0.503. The molecule has 0 spiro atoms. The van der Waals surface area contributed by atoms with Gasteiger partial charge in [-0.2, -0.15) is 4.31 Å². The summed E-state index contributed by atoms with van der Waals surface area (Å²) in [7, 11) is -7.32. The number of piperidine rings is 1. The molecule has 0 bridgehead atoms. The molecule has 0 amide bonds. The lowest BCUT2D eigenvalue weighted by atomic mass is 9.99. The number of aliphatic carboxylic acids is 1. The molecule has 1 fully saturated rings. The molecule has 2 rings (SSSR count). The van der Waals surface area contributed by atoms with E-state index in [0.29, 0.717) is 0 Å². The number of hydrogen-bond donors (Lipinski definition) is 1. The monoisotopic (exact) mass is 361 g/mol. The standard InChI is InChI=1S/C14H19NO6S2/c1-2-22(18,19)12-4-3-5-13(10-12)23(20,21)15-8-6-11(7-9-15)14(16)17/h3-5,10-11H,2,6-9H2,1H3,(H,16,17). The van der Waals surface area contributed by atoms with Crippen molar-refractivity contribution in [1.82, 2.24) is 4.31 Å². The van der Waals surface area contributed by atoms with E-state index in [1.54, 1.807) is 0 Å². The maximum absolute atomic E-state index is 12.6. The van der Waals surface area contributed by atoms with Crippen molar-refractivity contribution >= 4 is 25.8 Å². The van der Waals surface area contributed by atoms with Gasteiger partial charge < -0.3 is 5.11 Å². The third-order valence-corrected chi connectivity index (χ3v) is 7.61. The average molecular weight is 361 g/mol. The van der Waals surface area contributed by atoms with Crippen LogP contribution in [-0.4, -0.2) is 51.1 Å². The Balaban J connectivity index is 2.28. The summed E-state index contributed by atoms with van der Waals surface area (Å²) in [5.74, 6) is -1.56. The van der Waals surface area contributed by atoms with Crippen LogP contribution in [0.25, 0.3) is 0 Å². The molecule has 0 unspecified atom stereocenters. The van der Waals surface area contributed by atoms with Crippen LogP contribution in [0.5, 0.6) is 0 Å². The van der Waals surface area contributed by atoms with Crippen LogP contribution >= 0.6 is 0 Å². The molecule has 1 heterocycles. The normalized spacial score (nSPS) is 18.0. The van der Waals surface area contributed by atoms with Crippen molar-refractivity contribution in [3.63, 3.8) is 0 Å². The van der Waals surface area contributed by atoms with Crippen LogP contribution in [-0.2, 0) is 24.7 Å². The van der Waals surface area contributed by atoms with Crippen LogP contribution < -0.4 is 0 Å². The van der Waals surface area contributed by atoms with Crippen molar-refractivity contribution < 1.29 is 26.7 Å². The Hall–Kier alpha value is -1.45. The molecular weight excluding hydrogens is 342 g/mol. The first kappa shape index (κ1) is 17.9. The van der Waals surface area contributed by atoms with E-state index in [4.69, 9.17) is 5.11 Å². The molecule has 1 aliphatic heterocycles. The van der Waals surface area contributed by atoms with Gasteiger partial charge in [-0.15, -0.1) is 0 Å². The Morgan fingerprint density at radius 1 is 1.17 bits per heavy atom. The molecule has 0 radical (unpaired) electrons. The minimum absolute atomic E-state index is 0.0264.